The molecule has 212 valence electrons. The van der Waals surface area contributed by atoms with Gasteiger partial charge in [0, 0.05) is 34.6 Å². The summed E-state index contributed by atoms with van der Waals surface area (Å²) in [7, 11) is 4.44. The van der Waals surface area contributed by atoms with Gasteiger partial charge in [-0.15, -0.1) is 0 Å². The van der Waals surface area contributed by atoms with Crippen LogP contribution in [0.25, 0.3) is 22.0 Å². The van der Waals surface area contributed by atoms with E-state index in [9.17, 15) is 9.90 Å². The molecule has 0 fully saturated rings. The van der Waals surface area contributed by atoms with Crippen molar-refractivity contribution in [3.8, 4) is 34.3 Å². The van der Waals surface area contributed by atoms with Gasteiger partial charge >= 0.3 is 5.97 Å². The zero-order valence-corrected chi connectivity index (χ0v) is 23.9. The number of hydrogen-bond donors (Lipinski definition) is 1. The van der Waals surface area contributed by atoms with Crippen molar-refractivity contribution in [2.24, 2.45) is 11.8 Å². The summed E-state index contributed by atoms with van der Waals surface area (Å²) < 4.78 is 28.2. The second-order valence-electron chi connectivity index (χ2n) is 10.2. The molecule has 1 aromatic heterocycles. The maximum Gasteiger partial charge on any atom is 0.310 e. The number of ketones is 1. The largest absolute Gasteiger partial charge is 0.507 e. The van der Waals surface area contributed by atoms with Crippen LogP contribution in [0.1, 0.15) is 41.1 Å². The van der Waals surface area contributed by atoms with Crippen molar-refractivity contribution in [1.82, 2.24) is 5.16 Å². The predicted octanol–water partition coefficient (Wildman–Crippen LogP) is 5.73. The zero-order chi connectivity index (χ0) is 29.2. The number of aromatic nitrogens is 1. The molecule has 0 saturated heterocycles. The van der Waals surface area contributed by atoms with Crippen molar-refractivity contribution >= 4 is 34.1 Å². The van der Waals surface area contributed by atoms with Gasteiger partial charge < -0.3 is 28.6 Å². The summed E-state index contributed by atoms with van der Waals surface area (Å²) in [6.45, 7) is 3.69. The Labute approximate surface area is 240 Å². The van der Waals surface area contributed by atoms with E-state index in [0.29, 0.717) is 45.9 Å². The predicted molar refractivity (Wildman–Crippen MR) is 150 cm³/mol. The van der Waals surface area contributed by atoms with Crippen LogP contribution in [-0.2, 0) is 21.4 Å². The highest BCUT2D eigenvalue weighted by molar-refractivity contribution is 6.34. The van der Waals surface area contributed by atoms with E-state index >= 15 is 4.79 Å². The van der Waals surface area contributed by atoms with Gasteiger partial charge in [0.1, 0.15) is 39.9 Å². The van der Waals surface area contributed by atoms with Crippen LogP contribution in [0.4, 0.5) is 0 Å². The van der Waals surface area contributed by atoms with Crippen molar-refractivity contribution < 1.29 is 38.2 Å². The van der Waals surface area contributed by atoms with E-state index in [1.807, 2.05) is 6.92 Å². The Morgan fingerprint density at radius 1 is 1.15 bits per heavy atom. The van der Waals surface area contributed by atoms with Crippen LogP contribution in [0.3, 0.4) is 0 Å². The lowest BCUT2D eigenvalue weighted by atomic mass is 9.52. The summed E-state index contributed by atoms with van der Waals surface area (Å²) in [4.78, 5) is 28.9. The van der Waals surface area contributed by atoms with Crippen molar-refractivity contribution in [2.75, 3.05) is 27.9 Å². The first-order valence-corrected chi connectivity index (χ1v) is 13.6. The van der Waals surface area contributed by atoms with Gasteiger partial charge in [-0.2, -0.15) is 0 Å². The number of methoxy groups -OCH3 is 3. The summed E-state index contributed by atoms with van der Waals surface area (Å²) >= 11 is 6.54. The molecule has 3 aromatic carbocycles. The highest BCUT2D eigenvalue weighted by atomic mass is 35.5. The van der Waals surface area contributed by atoms with Crippen LogP contribution in [0, 0.1) is 11.8 Å². The number of aromatic hydroxyl groups is 1. The van der Waals surface area contributed by atoms with E-state index in [1.54, 1.807) is 43.3 Å². The molecule has 0 aliphatic heterocycles. The van der Waals surface area contributed by atoms with Crippen LogP contribution in [0.2, 0.25) is 5.02 Å². The fourth-order valence-electron chi connectivity index (χ4n) is 6.79. The topological polar surface area (TPSA) is 117 Å². The Kier molecular flexibility index (Phi) is 6.37. The zero-order valence-electron chi connectivity index (χ0n) is 23.2. The van der Waals surface area contributed by atoms with E-state index in [2.05, 4.69) is 5.16 Å². The van der Waals surface area contributed by atoms with Crippen LogP contribution >= 0.6 is 11.6 Å². The Morgan fingerprint density at radius 3 is 2.59 bits per heavy atom. The van der Waals surface area contributed by atoms with Crippen molar-refractivity contribution in [3.63, 3.8) is 0 Å². The van der Waals surface area contributed by atoms with Gasteiger partial charge in [-0.25, -0.2) is 0 Å². The SMILES string of the molecule is CCOC(=O)[C@H]1[C@H](C)Cc2onc3c2[C@@]1(c1ccc2c(OC)cc(Cl)c(OC)c2c1O)C(=O)c1cccc(OC)c1-3. The van der Waals surface area contributed by atoms with Crippen molar-refractivity contribution in [2.45, 2.75) is 25.7 Å². The van der Waals surface area contributed by atoms with Gasteiger partial charge in [0.25, 0.3) is 0 Å². The minimum absolute atomic E-state index is 0.115. The highest BCUT2D eigenvalue weighted by Gasteiger charge is 2.63. The number of phenolic OH excluding ortho intramolecular Hbond substituents is 1. The Balaban J connectivity index is 1.80. The number of Topliss-reactive ketones (excluding diaryl/α,β-unsaturated/α-hetero) is 1. The second kappa shape index (κ2) is 9.69. The summed E-state index contributed by atoms with van der Waals surface area (Å²) in [6, 6.07) is 10.1. The molecule has 0 bridgehead atoms. The van der Waals surface area contributed by atoms with Gasteiger partial charge in [-0.3, -0.25) is 9.59 Å². The fraction of sp³-hybridized carbons (Fsp3) is 0.323. The third-order valence-electron chi connectivity index (χ3n) is 8.32. The molecule has 9 nitrogen and oxygen atoms in total. The molecule has 1 heterocycles. The normalized spacial score (nSPS) is 20.8. The van der Waals surface area contributed by atoms with E-state index in [1.165, 1.54) is 21.3 Å². The minimum Gasteiger partial charge on any atom is -0.507 e. The molecule has 0 radical (unpaired) electrons. The Bertz CT molecular complexity index is 1740. The van der Waals surface area contributed by atoms with Crippen molar-refractivity contribution in [1.29, 1.82) is 0 Å². The van der Waals surface area contributed by atoms with Crippen LogP contribution in [0.5, 0.6) is 23.0 Å². The number of nitrogens with zero attached hydrogens (tertiary/aromatic N) is 1. The van der Waals surface area contributed by atoms with Crippen molar-refractivity contribution in [3.05, 3.63) is 63.9 Å². The number of carbonyl (C=O) groups excluding carboxylic acids is 2. The Hall–Kier alpha value is -4.24. The highest BCUT2D eigenvalue weighted by Crippen LogP contribution is 2.61. The van der Waals surface area contributed by atoms with E-state index in [0.717, 1.165) is 0 Å². The fourth-order valence-corrected chi connectivity index (χ4v) is 7.06. The molecule has 0 amide bonds. The molecule has 6 rings (SSSR count). The molecule has 2 aliphatic carbocycles. The van der Waals surface area contributed by atoms with E-state index in [-0.39, 0.29) is 39.6 Å². The average molecular weight is 578 g/mol. The lowest BCUT2D eigenvalue weighted by Gasteiger charge is -2.46. The first-order chi connectivity index (χ1) is 19.8. The lowest BCUT2D eigenvalue weighted by molar-refractivity contribution is -0.152. The number of benzene rings is 3. The van der Waals surface area contributed by atoms with Gasteiger partial charge in [0.2, 0.25) is 0 Å². The second-order valence-corrected chi connectivity index (χ2v) is 10.6. The third-order valence-corrected chi connectivity index (χ3v) is 8.60. The first kappa shape index (κ1) is 27.0. The number of phenols is 1. The quantitative estimate of drug-likeness (QED) is 0.286. The van der Waals surface area contributed by atoms with E-state index in [4.69, 9.17) is 35.1 Å². The molecule has 0 saturated carbocycles. The molecule has 2 aliphatic rings. The maximum atomic E-state index is 15.1. The lowest BCUT2D eigenvalue weighted by Crippen LogP contribution is -2.55. The smallest absolute Gasteiger partial charge is 0.310 e. The van der Waals surface area contributed by atoms with Crippen LogP contribution < -0.4 is 14.2 Å². The average Bonchev–Trinajstić information content (AvgIpc) is 3.39. The maximum absolute atomic E-state index is 15.1. The number of halogens is 1. The standard InChI is InChI=1S/C31H28ClNO8/c1-6-40-30(36)24-14(2)12-21-25-26(33-41-21)22-16(8-7-9-19(22)37-3)29(35)31(24,25)17-11-10-15-20(38-4)13-18(32)28(39-5)23(15)27(17)34/h7-11,13-14,24,34H,6,12H2,1-5H3/t14-,24-,31+/m1/s1. The van der Waals surface area contributed by atoms with Gasteiger partial charge in [-0.1, -0.05) is 41.9 Å². The molecule has 1 N–H and O–H groups in total. The van der Waals surface area contributed by atoms with Gasteiger partial charge in [0.05, 0.1) is 49.8 Å². The van der Waals surface area contributed by atoms with Gasteiger partial charge in [-0.05, 0) is 25.0 Å². The molecule has 10 heteroatoms. The first-order valence-electron chi connectivity index (χ1n) is 13.2. The summed E-state index contributed by atoms with van der Waals surface area (Å²) in [5.41, 5.74) is -0.00842. The third kappa shape index (κ3) is 3.45. The van der Waals surface area contributed by atoms with Gasteiger partial charge in [0.15, 0.2) is 5.78 Å². The molecule has 3 atom stereocenters. The minimum atomic E-state index is -1.74. The molecule has 0 spiro atoms. The number of carbonyl (C=O) groups is 2. The number of hydrogen-bond acceptors (Lipinski definition) is 9. The Morgan fingerprint density at radius 2 is 1.90 bits per heavy atom. The summed E-state index contributed by atoms with van der Waals surface area (Å²) in [5, 5.41) is 17.5. The van der Waals surface area contributed by atoms with Crippen LogP contribution in [-0.4, -0.2) is 50.0 Å². The summed E-state index contributed by atoms with van der Waals surface area (Å²) in [5.74, 6) is -1.18. The molecule has 4 aromatic rings. The number of rotatable bonds is 6. The monoisotopic (exact) mass is 577 g/mol. The molecule has 41 heavy (non-hydrogen) atoms. The molecular formula is C31H28ClNO8. The number of fused-ring (bicyclic) bond motifs is 3. The molecular weight excluding hydrogens is 550 g/mol. The number of esters is 1. The van der Waals surface area contributed by atoms with Crippen LogP contribution in [0.15, 0.2) is 40.9 Å². The molecule has 0 unspecified atom stereocenters. The van der Waals surface area contributed by atoms with E-state index < -0.39 is 29.0 Å². The summed E-state index contributed by atoms with van der Waals surface area (Å²) in [6.07, 6.45) is 0.336. The number of ether oxygens (including phenoxy) is 4.